The molecule has 0 bridgehead atoms. The molecule has 8 heteroatoms. The number of carbonyl (C=O) groups excluding carboxylic acids is 1. The zero-order valence-corrected chi connectivity index (χ0v) is 14.6. The fourth-order valence-electron chi connectivity index (χ4n) is 2.65. The van der Waals surface area contributed by atoms with Crippen LogP contribution in [0.1, 0.15) is 11.4 Å². The highest BCUT2D eigenvalue weighted by atomic mass is 32.1. The predicted octanol–water partition coefficient (Wildman–Crippen LogP) is 2.99. The van der Waals surface area contributed by atoms with E-state index >= 15 is 0 Å². The second kappa shape index (κ2) is 6.21. The molecule has 25 heavy (non-hydrogen) atoms. The van der Waals surface area contributed by atoms with Gasteiger partial charge in [-0.25, -0.2) is 4.98 Å². The SMILES string of the molecule is Cc1cc(C)n(CC(=O)Nc2nc(-c3ccc4c(c3)OCO4)cs2)n1. The van der Waals surface area contributed by atoms with Crippen LogP contribution < -0.4 is 14.8 Å². The number of hydrogen-bond acceptors (Lipinski definition) is 6. The summed E-state index contributed by atoms with van der Waals surface area (Å²) in [6.45, 7) is 4.23. The number of aromatic nitrogens is 3. The maximum Gasteiger partial charge on any atom is 0.247 e. The van der Waals surface area contributed by atoms with Crippen molar-refractivity contribution in [2.24, 2.45) is 0 Å². The lowest BCUT2D eigenvalue weighted by molar-refractivity contribution is -0.116. The molecular formula is C17H16N4O3S. The number of fused-ring (bicyclic) bond motifs is 1. The molecule has 0 fully saturated rings. The fourth-order valence-corrected chi connectivity index (χ4v) is 3.39. The highest BCUT2D eigenvalue weighted by molar-refractivity contribution is 7.14. The topological polar surface area (TPSA) is 78.3 Å². The molecule has 0 spiro atoms. The number of aryl methyl sites for hydroxylation is 2. The molecule has 2 aromatic heterocycles. The largest absolute Gasteiger partial charge is 0.454 e. The first kappa shape index (κ1) is 15.6. The third-order valence-corrected chi connectivity index (χ3v) is 4.57. The van der Waals surface area contributed by atoms with Crippen molar-refractivity contribution in [3.63, 3.8) is 0 Å². The lowest BCUT2D eigenvalue weighted by Crippen LogP contribution is -2.20. The molecule has 0 radical (unpaired) electrons. The fraction of sp³-hybridized carbons (Fsp3) is 0.235. The van der Waals surface area contributed by atoms with E-state index in [1.54, 1.807) is 4.68 Å². The average molecular weight is 356 g/mol. The number of nitrogens with one attached hydrogen (secondary N) is 1. The van der Waals surface area contributed by atoms with E-state index < -0.39 is 0 Å². The Morgan fingerprint density at radius 3 is 2.92 bits per heavy atom. The zero-order valence-electron chi connectivity index (χ0n) is 13.8. The van der Waals surface area contributed by atoms with Gasteiger partial charge in [-0.2, -0.15) is 5.10 Å². The zero-order chi connectivity index (χ0) is 17.4. The van der Waals surface area contributed by atoms with Crippen molar-refractivity contribution < 1.29 is 14.3 Å². The first-order chi connectivity index (χ1) is 12.1. The van der Waals surface area contributed by atoms with Crippen LogP contribution in [0.4, 0.5) is 5.13 Å². The summed E-state index contributed by atoms with van der Waals surface area (Å²) >= 11 is 1.38. The molecule has 3 aromatic rings. The van der Waals surface area contributed by atoms with E-state index in [2.05, 4.69) is 15.4 Å². The second-order valence-electron chi connectivity index (χ2n) is 5.74. The summed E-state index contributed by atoms with van der Waals surface area (Å²) in [5, 5.41) is 9.57. The van der Waals surface area contributed by atoms with Gasteiger partial charge in [-0.15, -0.1) is 11.3 Å². The highest BCUT2D eigenvalue weighted by Crippen LogP contribution is 2.36. The van der Waals surface area contributed by atoms with Crippen LogP contribution in [0.2, 0.25) is 0 Å². The second-order valence-corrected chi connectivity index (χ2v) is 6.60. The molecule has 1 aromatic carbocycles. The van der Waals surface area contributed by atoms with Crippen molar-refractivity contribution in [1.82, 2.24) is 14.8 Å². The molecule has 1 amide bonds. The molecule has 0 aliphatic carbocycles. The Balaban J connectivity index is 1.46. The summed E-state index contributed by atoms with van der Waals surface area (Å²) in [6.07, 6.45) is 0. The summed E-state index contributed by atoms with van der Waals surface area (Å²) in [5.41, 5.74) is 3.54. The van der Waals surface area contributed by atoms with E-state index in [9.17, 15) is 4.79 Å². The van der Waals surface area contributed by atoms with Crippen LogP contribution in [-0.4, -0.2) is 27.5 Å². The Hall–Kier alpha value is -2.87. The quantitative estimate of drug-likeness (QED) is 0.777. The number of hydrogen-bond donors (Lipinski definition) is 1. The summed E-state index contributed by atoms with van der Waals surface area (Å²) in [6, 6.07) is 7.61. The van der Waals surface area contributed by atoms with Crippen molar-refractivity contribution in [3.8, 4) is 22.8 Å². The number of ether oxygens (including phenoxy) is 2. The van der Waals surface area contributed by atoms with Crippen LogP contribution >= 0.6 is 11.3 Å². The lowest BCUT2D eigenvalue weighted by Gasteiger charge is -2.04. The van der Waals surface area contributed by atoms with E-state index in [1.165, 1.54) is 11.3 Å². The van der Waals surface area contributed by atoms with Gasteiger partial charge in [0.25, 0.3) is 0 Å². The molecule has 1 aliphatic heterocycles. The normalized spacial score (nSPS) is 12.4. The van der Waals surface area contributed by atoms with Gasteiger partial charge in [0.05, 0.1) is 11.4 Å². The molecule has 0 saturated carbocycles. The molecule has 0 saturated heterocycles. The number of benzene rings is 1. The van der Waals surface area contributed by atoms with E-state index in [-0.39, 0.29) is 19.2 Å². The molecule has 128 valence electrons. The van der Waals surface area contributed by atoms with E-state index in [1.807, 2.05) is 43.5 Å². The summed E-state index contributed by atoms with van der Waals surface area (Å²) in [4.78, 5) is 16.7. The van der Waals surface area contributed by atoms with Crippen molar-refractivity contribution in [1.29, 1.82) is 0 Å². The summed E-state index contributed by atoms with van der Waals surface area (Å²) < 4.78 is 12.4. The standard InChI is InChI=1S/C17H16N4O3S/c1-10-5-11(2)21(20-10)7-16(22)19-17-18-13(8-25-17)12-3-4-14-15(6-12)24-9-23-14/h3-6,8H,7,9H2,1-2H3,(H,18,19,22). The number of anilines is 1. The van der Waals surface area contributed by atoms with Crippen LogP contribution in [0.5, 0.6) is 11.5 Å². The van der Waals surface area contributed by atoms with Gasteiger partial charge in [0.15, 0.2) is 16.6 Å². The van der Waals surface area contributed by atoms with Crippen molar-refractivity contribution >= 4 is 22.4 Å². The van der Waals surface area contributed by atoms with Gasteiger partial charge in [0.1, 0.15) is 6.54 Å². The Morgan fingerprint density at radius 2 is 2.12 bits per heavy atom. The summed E-state index contributed by atoms with van der Waals surface area (Å²) in [5.74, 6) is 1.29. The molecule has 7 nitrogen and oxygen atoms in total. The van der Waals surface area contributed by atoms with E-state index in [4.69, 9.17) is 9.47 Å². The van der Waals surface area contributed by atoms with Gasteiger partial charge in [0, 0.05) is 16.6 Å². The third kappa shape index (κ3) is 3.20. The molecule has 1 aliphatic rings. The van der Waals surface area contributed by atoms with Gasteiger partial charge in [-0.3, -0.25) is 9.48 Å². The maximum absolute atomic E-state index is 12.2. The van der Waals surface area contributed by atoms with Crippen LogP contribution in [0.25, 0.3) is 11.3 Å². The molecule has 1 N–H and O–H groups in total. The van der Waals surface area contributed by atoms with Crippen molar-refractivity contribution in [3.05, 3.63) is 41.0 Å². The first-order valence-electron chi connectivity index (χ1n) is 7.75. The van der Waals surface area contributed by atoms with Crippen LogP contribution in [0.3, 0.4) is 0 Å². The molecule has 3 heterocycles. The van der Waals surface area contributed by atoms with Crippen molar-refractivity contribution in [2.45, 2.75) is 20.4 Å². The van der Waals surface area contributed by atoms with Crippen molar-refractivity contribution in [2.75, 3.05) is 12.1 Å². The lowest BCUT2D eigenvalue weighted by atomic mass is 10.1. The minimum absolute atomic E-state index is 0.155. The molecule has 0 atom stereocenters. The van der Waals surface area contributed by atoms with E-state index in [0.29, 0.717) is 10.9 Å². The van der Waals surface area contributed by atoms with Crippen LogP contribution in [0, 0.1) is 13.8 Å². The molecule has 0 unspecified atom stereocenters. The molecule has 4 rings (SSSR count). The predicted molar refractivity (Wildman–Crippen MR) is 94.0 cm³/mol. The van der Waals surface area contributed by atoms with Crippen LogP contribution in [0.15, 0.2) is 29.6 Å². The first-order valence-corrected chi connectivity index (χ1v) is 8.63. The maximum atomic E-state index is 12.2. The number of carbonyl (C=O) groups is 1. The number of thiazole rings is 1. The van der Waals surface area contributed by atoms with Gasteiger partial charge < -0.3 is 14.8 Å². The number of rotatable bonds is 4. The smallest absolute Gasteiger partial charge is 0.247 e. The Bertz CT molecular complexity index is 947. The Kier molecular flexibility index (Phi) is 3.89. The van der Waals surface area contributed by atoms with Crippen LogP contribution in [-0.2, 0) is 11.3 Å². The number of amides is 1. The van der Waals surface area contributed by atoms with E-state index in [0.717, 1.165) is 28.4 Å². The highest BCUT2D eigenvalue weighted by Gasteiger charge is 2.16. The minimum Gasteiger partial charge on any atom is -0.454 e. The monoisotopic (exact) mass is 356 g/mol. The number of nitrogens with zero attached hydrogens (tertiary/aromatic N) is 3. The third-order valence-electron chi connectivity index (χ3n) is 3.82. The van der Waals surface area contributed by atoms with Gasteiger partial charge >= 0.3 is 0 Å². The summed E-state index contributed by atoms with van der Waals surface area (Å²) in [7, 11) is 0. The average Bonchev–Trinajstić information content (AvgIpc) is 3.27. The van der Waals surface area contributed by atoms with Gasteiger partial charge in [-0.1, -0.05) is 0 Å². The van der Waals surface area contributed by atoms with Gasteiger partial charge in [0.2, 0.25) is 12.7 Å². The van der Waals surface area contributed by atoms with Gasteiger partial charge in [-0.05, 0) is 38.1 Å². The minimum atomic E-state index is -0.155. The Morgan fingerprint density at radius 1 is 1.28 bits per heavy atom. The Labute approximate surface area is 148 Å². The molecular weight excluding hydrogens is 340 g/mol.